The number of carbonyl (C=O) groups excluding carboxylic acids is 2. The minimum Gasteiger partial charge on any atom is -0.273 e. The summed E-state index contributed by atoms with van der Waals surface area (Å²) in [4.78, 5) is 33.7. The molecule has 2 aliphatic heterocycles. The molecule has 2 heterocycles. The Hall–Kier alpha value is -3.77. The third-order valence-electron chi connectivity index (χ3n) is 5.54. The topological polar surface area (TPSA) is 49.9 Å². The number of hydrogen-bond acceptors (Lipinski definition) is 4. The van der Waals surface area contributed by atoms with E-state index >= 15 is 0 Å². The van der Waals surface area contributed by atoms with Crippen LogP contribution in [0.1, 0.15) is 5.56 Å². The molecule has 2 aliphatic rings. The molecular weight excluding hydrogens is 395 g/mol. The summed E-state index contributed by atoms with van der Waals surface area (Å²) >= 11 is 0. The van der Waals surface area contributed by atoms with Crippen molar-refractivity contribution in [2.75, 3.05) is 9.96 Å². The van der Waals surface area contributed by atoms with Crippen LogP contribution in [-0.2, 0) is 14.4 Å². The van der Waals surface area contributed by atoms with E-state index in [-0.39, 0.29) is 17.6 Å². The highest BCUT2D eigenvalue weighted by molar-refractivity contribution is 6.24. The normalized spacial score (nSPS) is 23.1. The van der Waals surface area contributed by atoms with E-state index in [4.69, 9.17) is 4.84 Å². The van der Waals surface area contributed by atoms with Gasteiger partial charge in [0.15, 0.2) is 6.10 Å². The van der Waals surface area contributed by atoms with Crippen molar-refractivity contribution in [3.05, 3.63) is 102 Å². The van der Waals surface area contributed by atoms with Gasteiger partial charge in [-0.3, -0.25) is 14.4 Å². The first-order chi connectivity index (χ1) is 15.1. The molecule has 3 aromatic rings. The fraction of sp³-hybridized carbons (Fsp3) is 0.120. The van der Waals surface area contributed by atoms with Crippen LogP contribution < -0.4 is 9.96 Å². The van der Waals surface area contributed by atoms with Gasteiger partial charge in [0.05, 0.1) is 17.4 Å². The zero-order valence-electron chi connectivity index (χ0n) is 16.5. The van der Waals surface area contributed by atoms with E-state index in [2.05, 4.69) is 0 Å². The van der Waals surface area contributed by atoms with Gasteiger partial charge in [-0.25, -0.2) is 14.4 Å². The van der Waals surface area contributed by atoms with Crippen molar-refractivity contribution in [2.45, 2.75) is 12.1 Å². The van der Waals surface area contributed by atoms with E-state index in [0.29, 0.717) is 5.69 Å². The number of para-hydroxylation sites is 2. The average molecular weight is 414 g/mol. The highest BCUT2D eigenvalue weighted by atomic mass is 19.1. The van der Waals surface area contributed by atoms with Crippen molar-refractivity contribution in [2.24, 2.45) is 5.92 Å². The summed E-state index contributed by atoms with van der Waals surface area (Å²) < 4.78 is 13.2. The molecule has 0 radical (unpaired) electrons. The van der Waals surface area contributed by atoms with Crippen molar-refractivity contribution >= 4 is 29.3 Å². The number of rotatable bonds is 4. The minimum absolute atomic E-state index is 0.298. The van der Waals surface area contributed by atoms with Crippen LogP contribution in [0.5, 0.6) is 0 Å². The maximum atomic E-state index is 13.4. The highest BCUT2D eigenvalue weighted by Crippen LogP contribution is 2.40. The number of nitrogens with zero attached hydrogens (tertiary/aromatic N) is 2. The number of hydrogen-bond donors (Lipinski definition) is 0. The van der Waals surface area contributed by atoms with Gasteiger partial charge in [-0.2, -0.15) is 0 Å². The zero-order valence-corrected chi connectivity index (χ0v) is 16.5. The highest BCUT2D eigenvalue weighted by Gasteiger charge is 2.59. The smallest absolute Gasteiger partial charge is 0.266 e. The lowest BCUT2D eigenvalue weighted by Gasteiger charge is -2.26. The van der Waals surface area contributed by atoms with Crippen molar-refractivity contribution in [3.63, 3.8) is 0 Å². The first kappa shape index (κ1) is 19.2. The molecule has 2 amide bonds. The predicted molar refractivity (Wildman–Crippen MR) is 115 cm³/mol. The molecule has 3 aromatic carbocycles. The van der Waals surface area contributed by atoms with Gasteiger partial charge < -0.3 is 0 Å². The molecule has 0 aromatic heterocycles. The van der Waals surface area contributed by atoms with Gasteiger partial charge in [-0.15, -0.1) is 0 Å². The van der Waals surface area contributed by atoms with Crippen LogP contribution in [-0.4, -0.2) is 24.0 Å². The monoisotopic (exact) mass is 414 g/mol. The number of anilines is 2. The van der Waals surface area contributed by atoms with E-state index < -0.39 is 18.1 Å². The lowest BCUT2D eigenvalue weighted by molar-refractivity contribution is -0.126. The number of benzene rings is 3. The Morgan fingerprint density at radius 2 is 1.39 bits per heavy atom. The summed E-state index contributed by atoms with van der Waals surface area (Å²) in [5, 5.41) is 1.62. The molecule has 3 atom stereocenters. The molecule has 154 valence electrons. The second-order valence-electron chi connectivity index (χ2n) is 7.46. The molecule has 5 rings (SSSR count). The molecule has 0 bridgehead atoms. The molecule has 0 N–H and O–H groups in total. The van der Waals surface area contributed by atoms with Crippen LogP contribution in [0.25, 0.3) is 6.08 Å². The summed E-state index contributed by atoms with van der Waals surface area (Å²) in [6.45, 7) is 0. The SMILES string of the molecule is O=C1C2ON(c3ccccc3)C(/C=C/c3ccc(F)cc3)C2C(=O)N1c1ccccc1. The second-order valence-corrected chi connectivity index (χ2v) is 7.46. The number of hydroxylamine groups is 1. The summed E-state index contributed by atoms with van der Waals surface area (Å²) in [7, 11) is 0. The van der Waals surface area contributed by atoms with Crippen LogP contribution >= 0.6 is 0 Å². The van der Waals surface area contributed by atoms with Crippen LogP contribution in [0.15, 0.2) is 91.0 Å². The minimum atomic E-state index is -0.907. The number of carbonyl (C=O) groups is 2. The molecule has 6 heteroatoms. The molecule has 2 fully saturated rings. The maximum absolute atomic E-state index is 13.4. The van der Waals surface area contributed by atoms with Gasteiger partial charge in [-0.05, 0) is 42.0 Å². The van der Waals surface area contributed by atoms with Gasteiger partial charge in [0, 0.05) is 0 Å². The van der Waals surface area contributed by atoms with Crippen LogP contribution in [0, 0.1) is 11.7 Å². The van der Waals surface area contributed by atoms with Gasteiger partial charge >= 0.3 is 0 Å². The van der Waals surface area contributed by atoms with Crippen LogP contribution in [0.3, 0.4) is 0 Å². The molecule has 5 nitrogen and oxygen atoms in total. The van der Waals surface area contributed by atoms with E-state index in [1.54, 1.807) is 41.5 Å². The third-order valence-corrected chi connectivity index (χ3v) is 5.54. The molecule has 31 heavy (non-hydrogen) atoms. The first-order valence-electron chi connectivity index (χ1n) is 10.0. The Morgan fingerprint density at radius 3 is 2.03 bits per heavy atom. The largest absolute Gasteiger partial charge is 0.273 e. The Bertz CT molecular complexity index is 1130. The Balaban J connectivity index is 1.52. The van der Waals surface area contributed by atoms with E-state index in [1.165, 1.54) is 17.0 Å². The summed E-state index contributed by atoms with van der Waals surface area (Å²) in [5.41, 5.74) is 2.06. The molecular formula is C25H19FN2O3. The molecule has 0 spiro atoms. The fourth-order valence-corrected chi connectivity index (χ4v) is 4.06. The molecule has 2 saturated heterocycles. The lowest BCUT2D eigenvalue weighted by atomic mass is 9.95. The van der Waals surface area contributed by atoms with Crippen molar-refractivity contribution < 1.29 is 18.8 Å². The molecule has 0 aliphatic carbocycles. The van der Waals surface area contributed by atoms with Crippen molar-refractivity contribution in [3.8, 4) is 0 Å². The lowest BCUT2D eigenvalue weighted by Crippen LogP contribution is -2.39. The van der Waals surface area contributed by atoms with E-state index in [0.717, 1.165) is 11.3 Å². The summed E-state index contributed by atoms with van der Waals surface area (Å²) in [6.07, 6.45) is 2.75. The zero-order chi connectivity index (χ0) is 21.4. The third kappa shape index (κ3) is 3.41. The summed E-state index contributed by atoms with van der Waals surface area (Å²) in [5.74, 6) is -1.68. The fourth-order valence-electron chi connectivity index (χ4n) is 4.06. The molecule has 0 saturated carbocycles. The van der Waals surface area contributed by atoms with Gasteiger partial charge in [0.25, 0.3) is 5.91 Å². The second kappa shape index (κ2) is 7.81. The first-order valence-corrected chi connectivity index (χ1v) is 10.0. The van der Waals surface area contributed by atoms with Crippen molar-refractivity contribution in [1.29, 1.82) is 0 Å². The average Bonchev–Trinajstić information content (AvgIpc) is 3.30. The van der Waals surface area contributed by atoms with E-state index in [1.807, 2.05) is 48.6 Å². The summed E-state index contributed by atoms with van der Waals surface area (Å²) in [6, 6.07) is 23.8. The number of amides is 2. The Labute approximate surface area is 178 Å². The quantitative estimate of drug-likeness (QED) is 0.600. The molecule has 3 unspecified atom stereocenters. The van der Waals surface area contributed by atoms with E-state index in [9.17, 15) is 14.0 Å². The Kier molecular flexibility index (Phi) is 4.84. The van der Waals surface area contributed by atoms with Crippen molar-refractivity contribution in [1.82, 2.24) is 0 Å². The predicted octanol–water partition coefficient (Wildman–Crippen LogP) is 4.22. The Morgan fingerprint density at radius 1 is 0.774 bits per heavy atom. The van der Waals surface area contributed by atoms with Gasteiger partial charge in [-0.1, -0.05) is 60.7 Å². The number of fused-ring (bicyclic) bond motifs is 1. The number of halogens is 1. The van der Waals surface area contributed by atoms with Crippen LogP contribution in [0.4, 0.5) is 15.8 Å². The number of imide groups is 1. The van der Waals surface area contributed by atoms with Gasteiger partial charge in [0.1, 0.15) is 11.7 Å². The van der Waals surface area contributed by atoms with Gasteiger partial charge in [0.2, 0.25) is 5.91 Å². The maximum Gasteiger partial charge on any atom is 0.266 e. The van der Waals surface area contributed by atoms with Crippen LogP contribution in [0.2, 0.25) is 0 Å². The standard InChI is InChI=1S/C25H19FN2O3/c26-18-14-11-17(12-15-18)13-16-21-22-23(31-28(21)20-9-5-2-6-10-20)25(30)27(24(22)29)19-7-3-1-4-8-19/h1-16,21-23H/b16-13+.